The fourth-order valence-electron chi connectivity index (χ4n) is 9.67. The summed E-state index contributed by atoms with van der Waals surface area (Å²) in [7, 11) is 0. The molecule has 36 heteroatoms. The molecule has 0 aromatic heterocycles. The third kappa shape index (κ3) is 13.4. The van der Waals surface area contributed by atoms with Crippen LogP contribution in [-0.2, 0) is 61.6 Å². The van der Waals surface area contributed by atoms with Gasteiger partial charge in [0.15, 0.2) is 44.0 Å². The van der Waals surface area contributed by atoms with Crippen LogP contribution in [0.2, 0.25) is 0 Å². The van der Waals surface area contributed by atoms with Crippen LogP contribution in [0.4, 0.5) is 0 Å². The molecule has 0 amide bonds. The summed E-state index contributed by atoms with van der Waals surface area (Å²) < 4.78 is 72.2. The Morgan fingerprint density at radius 3 is 0.782 bits per heavy atom. The largest absolute Gasteiger partial charge is 0.394 e. The van der Waals surface area contributed by atoms with E-state index in [1.54, 1.807) is 0 Å². The van der Waals surface area contributed by atoms with E-state index in [1.807, 2.05) is 0 Å². The molecule has 7 fully saturated rings. The van der Waals surface area contributed by atoms with Crippen LogP contribution in [0.25, 0.3) is 0 Å². The lowest BCUT2D eigenvalue weighted by Crippen LogP contribution is -2.67. The number of ether oxygens (including phenoxy) is 13. The van der Waals surface area contributed by atoms with Crippen LogP contribution in [0.1, 0.15) is 0 Å². The summed E-state index contributed by atoms with van der Waals surface area (Å²) >= 11 is 0. The maximum atomic E-state index is 11.7. The number of aliphatic hydroxyl groups is 23. The van der Waals surface area contributed by atoms with Crippen molar-refractivity contribution < 1.29 is 179 Å². The van der Waals surface area contributed by atoms with Crippen molar-refractivity contribution in [1.29, 1.82) is 0 Å². The van der Waals surface area contributed by atoms with Gasteiger partial charge in [-0.25, -0.2) is 0 Å². The second-order valence-electron chi connectivity index (χ2n) is 19.7. The first-order valence-electron chi connectivity index (χ1n) is 24.6. The molecule has 0 spiro atoms. The molecule has 23 N–H and O–H groups in total. The van der Waals surface area contributed by atoms with E-state index in [2.05, 4.69) is 0 Å². The summed E-state index contributed by atoms with van der Waals surface area (Å²) in [6.07, 6.45) is -68.8. The fraction of sp³-hybridized carbons (Fsp3) is 1.00. The predicted octanol–water partition coefficient (Wildman–Crippen LogP) is -16.3. The molecule has 36 nitrogen and oxygen atoms in total. The lowest BCUT2D eigenvalue weighted by Gasteiger charge is -2.48. The van der Waals surface area contributed by atoms with Gasteiger partial charge in [-0.1, -0.05) is 0 Å². The quantitative estimate of drug-likeness (QED) is 0.0571. The molecular formula is C42H72O36. The molecule has 0 aromatic carbocycles. The van der Waals surface area contributed by atoms with Crippen molar-refractivity contribution in [2.45, 2.75) is 215 Å². The van der Waals surface area contributed by atoms with Crippen molar-refractivity contribution in [2.75, 3.05) is 46.2 Å². The second kappa shape index (κ2) is 27.5. The van der Waals surface area contributed by atoms with Gasteiger partial charge in [-0.15, -0.1) is 0 Å². The average molecular weight is 1150 g/mol. The van der Waals surface area contributed by atoms with E-state index in [9.17, 15) is 117 Å². The van der Waals surface area contributed by atoms with Crippen molar-refractivity contribution in [2.24, 2.45) is 0 Å². The number of hydrogen-bond acceptors (Lipinski definition) is 36. The zero-order chi connectivity index (χ0) is 57.3. The van der Waals surface area contributed by atoms with Crippen molar-refractivity contribution in [3.63, 3.8) is 0 Å². The molecule has 7 aliphatic heterocycles. The number of hydrogen-bond donors (Lipinski definition) is 23. The summed E-state index contributed by atoms with van der Waals surface area (Å²) in [5.41, 5.74) is 0. The topological polar surface area (TPSA) is 585 Å². The van der Waals surface area contributed by atoms with Crippen molar-refractivity contribution in [1.82, 2.24) is 0 Å². The molecule has 0 unspecified atom stereocenters. The highest BCUT2D eigenvalue weighted by molar-refractivity contribution is 4.99. The maximum absolute atomic E-state index is 11.7. The summed E-state index contributed by atoms with van der Waals surface area (Å²) in [4.78, 5) is 0. The standard InChI is InChI=1S/C42H72O36/c43-1-8-15(47)22(54)26(58)37(70-8)66-6-13-20(52)34(77-40-28(60)24(56)17(49)10(3-45)72-40)31(63)39(74-13)68-5-12-19(51)33(30(62)36(65)69-12)76-42-32(64)35(78-41-29(61)25(57)18(50)11(4-46)73-41)21(53)14(75-42)7-67-38-27(59)23(55)16(48)9(2-44)71-38/h8-65H,1-7H2/t8-,9-,10-,11-,12-,13-,14-,15-,16-,17-,18-,19-,20-,21-,22+,23+,24+,25+,26+,27+,28+,29+,30+,31+,32+,33+,34+,35+,36+,37+,38+,39+,40-,41-,42-/m1/s1. The SMILES string of the molecule is OC[C@H]1O[C@H](OC[C@H]2O[C@H](OC[C@H]3O[C@H](O)[C@@H](O)[C@@H](O[C@H]4O[C@H](CO[C@H]5O[C@H](CO)[C@@H](O)[C@H](O)[C@@H]5O)[C@@H](O)[C@H](O[C@H]5O[C@H](CO)[C@@H](O)[C@H](O)[C@@H]5O)[C@@H]4O)[C@@H]3O)[C@@H](O)[C@@H](O[C@H]3O[C@H](CO)[C@@H](O)[C@H](O)[C@@H]3O)[C@@H]2O)[C@@H](O)[C@@H](O)[C@@H]1O. The van der Waals surface area contributed by atoms with Crippen LogP contribution in [0, 0.1) is 0 Å². The Morgan fingerprint density at radius 2 is 0.449 bits per heavy atom. The Hall–Kier alpha value is -1.44. The van der Waals surface area contributed by atoms with Gasteiger partial charge in [0.1, 0.15) is 171 Å². The van der Waals surface area contributed by atoms with E-state index in [0.717, 1.165) is 0 Å². The van der Waals surface area contributed by atoms with Gasteiger partial charge >= 0.3 is 0 Å². The molecule has 0 saturated carbocycles. The van der Waals surface area contributed by atoms with Crippen molar-refractivity contribution >= 4 is 0 Å². The predicted molar refractivity (Wildman–Crippen MR) is 232 cm³/mol. The molecule has 456 valence electrons. The molecule has 7 saturated heterocycles. The smallest absolute Gasteiger partial charge is 0.187 e. The van der Waals surface area contributed by atoms with Crippen LogP contribution in [0.3, 0.4) is 0 Å². The van der Waals surface area contributed by atoms with Gasteiger partial charge in [-0.2, -0.15) is 0 Å². The Morgan fingerprint density at radius 1 is 0.218 bits per heavy atom. The average Bonchev–Trinajstić information content (AvgIpc) is 3.54. The van der Waals surface area contributed by atoms with Gasteiger partial charge in [0.2, 0.25) is 0 Å². The van der Waals surface area contributed by atoms with E-state index in [4.69, 9.17) is 61.6 Å². The lowest BCUT2D eigenvalue weighted by atomic mass is 9.95. The first-order chi connectivity index (χ1) is 36.9. The zero-order valence-electron chi connectivity index (χ0n) is 40.8. The van der Waals surface area contributed by atoms with Crippen LogP contribution in [0.15, 0.2) is 0 Å². The van der Waals surface area contributed by atoms with Crippen LogP contribution < -0.4 is 0 Å². The van der Waals surface area contributed by atoms with Gasteiger partial charge in [0, 0.05) is 0 Å². The summed E-state index contributed by atoms with van der Waals surface area (Å²) in [6.45, 7) is -6.40. The van der Waals surface area contributed by atoms with E-state index in [-0.39, 0.29) is 0 Å². The highest BCUT2D eigenvalue weighted by atomic mass is 16.8. The minimum absolute atomic E-state index is 0.862. The number of aliphatic hydroxyl groups excluding tert-OH is 23. The maximum Gasteiger partial charge on any atom is 0.187 e. The molecule has 35 atom stereocenters. The normalized spacial score (nSPS) is 53.5. The molecule has 0 radical (unpaired) electrons. The molecule has 0 bridgehead atoms. The fourth-order valence-corrected chi connectivity index (χ4v) is 9.67. The van der Waals surface area contributed by atoms with E-state index in [0.29, 0.717) is 0 Å². The molecular weight excluding hydrogens is 1080 g/mol. The minimum Gasteiger partial charge on any atom is -0.394 e. The van der Waals surface area contributed by atoms with E-state index >= 15 is 0 Å². The molecule has 0 aliphatic carbocycles. The second-order valence-corrected chi connectivity index (χ2v) is 19.7. The Labute approximate surface area is 439 Å². The van der Waals surface area contributed by atoms with Gasteiger partial charge in [-0.05, 0) is 0 Å². The Kier molecular flexibility index (Phi) is 22.6. The Bertz CT molecular complexity index is 1810. The summed E-state index contributed by atoms with van der Waals surface area (Å²) in [5.74, 6) is 0. The molecule has 7 heterocycles. The molecule has 7 rings (SSSR count). The lowest BCUT2D eigenvalue weighted by molar-refractivity contribution is -0.387. The third-order valence-electron chi connectivity index (χ3n) is 14.5. The summed E-state index contributed by atoms with van der Waals surface area (Å²) in [5, 5.41) is 244. The third-order valence-corrected chi connectivity index (χ3v) is 14.5. The van der Waals surface area contributed by atoms with Gasteiger partial charge in [-0.3, -0.25) is 0 Å². The highest BCUT2D eigenvalue weighted by Gasteiger charge is 2.57. The van der Waals surface area contributed by atoms with Gasteiger partial charge in [0.25, 0.3) is 0 Å². The first kappa shape index (κ1) is 64.1. The summed E-state index contributed by atoms with van der Waals surface area (Å²) in [6, 6.07) is 0. The van der Waals surface area contributed by atoms with E-state index < -0.39 is 261 Å². The molecule has 0 aromatic rings. The van der Waals surface area contributed by atoms with Crippen LogP contribution in [0.5, 0.6) is 0 Å². The Balaban J connectivity index is 1.09. The minimum atomic E-state index is -2.31. The van der Waals surface area contributed by atoms with Crippen LogP contribution >= 0.6 is 0 Å². The molecule has 78 heavy (non-hydrogen) atoms. The monoisotopic (exact) mass is 1150 g/mol. The van der Waals surface area contributed by atoms with Crippen molar-refractivity contribution in [3.8, 4) is 0 Å². The highest BCUT2D eigenvalue weighted by Crippen LogP contribution is 2.36. The molecule has 7 aliphatic rings. The van der Waals surface area contributed by atoms with Crippen LogP contribution in [-0.4, -0.2) is 379 Å². The van der Waals surface area contributed by atoms with Gasteiger partial charge < -0.3 is 179 Å². The van der Waals surface area contributed by atoms with E-state index in [1.165, 1.54) is 0 Å². The van der Waals surface area contributed by atoms with Gasteiger partial charge in [0.05, 0.1) is 46.2 Å². The first-order valence-corrected chi connectivity index (χ1v) is 24.6. The zero-order valence-corrected chi connectivity index (χ0v) is 40.8. The van der Waals surface area contributed by atoms with Crippen molar-refractivity contribution in [3.05, 3.63) is 0 Å². The number of rotatable bonds is 19.